The van der Waals surface area contributed by atoms with Gasteiger partial charge < -0.3 is 10.1 Å². The smallest absolute Gasteiger partial charge is 0.324 e. The normalized spacial score (nSPS) is 12.6. The number of hydrogen-bond donors (Lipinski definition) is 2. The van der Waals surface area contributed by atoms with Crippen LogP contribution in [0.25, 0.3) is 16.5 Å². The highest BCUT2D eigenvalue weighted by atomic mass is 28.3. The van der Waals surface area contributed by atoms with Gasteiger partial charge in [0.1, 0.15) is 31.2 Å². The molecule has 6 aromatic rings. The first kappa shape index (κ1) is 31.0. The lowest BCUT2D eigenvalue weighted by molar-refractivity contribution is -0.117. The van der Waals surface area contributed by atoms with Gasteiger partial charge in [0, 0.05) is 47.6 Å². The van der Waals surface area contributed by atoms with E-state index >= 15 is 0 Å². The quantitative estimate of drug-likeness (QED) is 0.166. The minimum absolute atomic E-state index is 0.254. The van der Waals surface area contributed by atoms with Crippen molar-refractivity contribution in [3.05, 3.63) is 125 Å². The van der Waals surface area contributed by atoms with Gasteiger partial charge in [0.2, 0.25) is 5.88 Å². The fraction of sp³-hybridized carbons (Fsp3) is 0.184. The first-order valence-electron chi connectivity index (χ1n) is 16.0. The lowest BCUT2D eigenvalue weighted by atomic mass is 10.0. The number of urea groups is 1. The molecular formula is C38H36N6O3Si. The van der Waals surface area contributed by atoms with Gasteiger partial charge in [-0.2, -0.15) is 10.1 Å². The summed E-state index contributed by atoms with van der Waals surface area (Å²) in [6.07, 6.45) is 3.22. The number of rotatable bonds is 8. The number of ether oxygens (including phenoxy) is 1. The molecule has 0 atom stereocenters. The summed E-state index contributed by atoms with van der Waals surface area (Å²) in [4.78, 5) is 34.4. The van der Waals surface area contributed by atoms with Gasteiger partial charge in [-0.05, 0) is 53.9 Å². The van der Waals surface area contributed by atoms with Gasteiger partial charge in [-0.1, -0.05) is 79.8 Å². The van der Waals surface area contributed by atoms with E-state index in [1.165, 1.54) is 0 Å². The fourth-order valence-electron chi connectivity index (χ4n) is 5.89. The SMILES string of the molecule is Cc1ccc(-n2nc([Si](C)(C)C)cc2NC(=O)Nc2ccc(Oc3ccnc(Cc4ccc5c(c4)CC(=O)C5)n3)c3ccccc23)cc1. The van der Waals surface area contributed by atoms with Gasteiger partial charge in [-0.25, -0.2) is 14.5 Å². The molecule has 0 unspecified atom stereocenters. The maximum absolute atomic E-state index is 13.4. The van der Waals surface area contributed by atoms with E-state index < -0.39 is 8.07 Å². The Morgan fingerprint density at radius 3 is 2.44 bits per heavy atom. The predicted octanol–water partition coefficient (Wildman–Crippen LogP) is 7.36. The number of anilines is 2. The number of amides is 2. The summed E-state index contributed by atoms with van der Waals surface area (Å²) in [5.74, 6) is 2.51. The number of aromatic nitrogens is 4. The van der Waals surface area contributed by atoms with E-state index in [9.17, 15) is 9.59 Å². The average Bonchev–Trinajstić information content (AvgIpc) is 3.65. The standard InChI is InChI=1S/C38H36N6O3Si/c1-24-9-13-28(14-10-24)44-35(23-37(43-44)48(2,3)4)42-38(46)40-32-15-16-33(31-8-6-5-7-30(31)32)47-36-17-18-39-34(41-36)20-25-11-12-26-21-29(45)22-27(26)19-25/h5-19,23H,20-22H2,1-4H3,(H2,40,42,46). The van der Waals surface area contributed by atoms with Crippen LogP contribution in [0.1, 0.15) is 28.1 Å². The van der Waals surface area contributed by atoms with Crippen molar-refractivity contribution >= 4 is 47.5 Å². The Morgan fingerprint density at radius 1 is 0.875 bits per heavy atom. The number of carbonyl (C=O) groups is 2. The molecule has 2 amide bonds. The summed E-state index contributed by atoms with van der Waals surface area (Å²) in [5, 5.41) is 13.6. The first-order valence-corrected chi connectivity index (χ1v) is 19.5. The van der Waals surface area contributed by atoms with Crippen molar-refractivity contribution in [2.24, 2.45) is 0 Å². The number of nitrogens with one attached hydrogen (secondary N) is 2. The summed E-state index contributed by atoms with van der Waals surface area (Å²) >= 11 is 0. The van der Waals surface area contributed by atoms with Gasteiger partial charge in [-0.3, -0.25) is 10.1 Å². The maximum Gasteiger partial charge on any atom is 0.324 e. The molecule has 0 aliphatic heterocycles. The number of Topliss-reactive ketones (excluding diaryl/α,β-unsaturated/α-hetero) is 1. The van der Waals surface area contributed by atoms with Crippen LogP contribution in [0.4, 0.5) is 16.3 Å². The maximum atomic E-state index is 13.4. The number of aryl methyl sites for hydroxylation is 1. The van der Waals surface area contributed by atoms with Crippen molar-refractivity contribution in [3.8, 4) is 17.3 Å². The molecule has 2 aromatic heterocycles. The second-order valence-corrected chi connectivity index (χ2v) is 18.2. The molecule has 2 heterocycles. The van der Waals surface area contributed by atoms with Crippen molar-refractivity contribution in [3.63, 3.8) is 0 Å². The van der Waals surface area contributed by atoms with E-state index in [1.54, 1.807) is 16.9 Å². The van der Waals surface area contributed by atoms with Crippen LogP contribution in [-0.4, -0.2) is 39.6 Å². The third kappa shape index (κ3) is 6.61. The Kier molecular flexibility index (Phi) is 8.10. The molecule has 0 saturated heterocycles. The minimum atomic E-state index is -1.76. The van der Waals surface area contributed by atoms with Gasteiger partial charge in [0.25, 0.3) is 0 Å². The minimum Gasteiger partial charge on any atom is -0.438 e. The second kappa shape index (κ2) is 12.5. The lowest BCUT2D eigenvalue weighted by Crippen LogP contribution is -2.39. The van der Waals surface area contributed by atoms with Crippen molar-refractivity contribution < 1.29 is 14.3 Å². The van der Waals surface area contributed by atoms with Crippen LogP contribution in [0.5, 0.6) is 11.6 Å². The van der Waals surface area contributed by atoms with Crippen LogP contribution in [-0.2, 0) is 24.1 Å². The zero-order chi connectivity index (χ0) is 33.4. The fourth-order valence-corrected chi connectivity index (χ4v) is 6.86. The molecule has 48 heavy (non-hydrogen) atoms. The Labute approximate surface area is 280 Å². The molecule has 1 aliphatic carbocycles. The molecule has 2 N–H and O–H groups in total. The molecule has 0 radical (unpaired) electrons. The van der Waals surface area contributed by atoms with Crippen molar-refractivity contribution in [2.75, 3.05) is 10.6 Å². The molecule has 0 saturated carbocycles. The summed E-state index contributed by atoms with van der Waals surface area (Å²) in [6, 6.07) is 29.0. The highest BCUT2D eigenvalue weighted by Gasteiger charge is 2.24. The Morgan fingerprint density at radius 2 is 1.65 bits per heavy atom. The first-order chi connectivity index (χ1) is 23.1. The zero-order valence-electron chi connectivity index (χ0n) is 27.4. The van der Waals surface area contributed by atoms with E-state index in [0.29, 0.717) is 48.2 Å². The summed E-state index contributed by atoms with van der Waals surface area (Å²) in [6.45, 7) is 8.74. The van der Waals surface area contributed by atoms with Crippen LogP contribution >= 0.6 is 0 Å². The predicted molar refractivity (Wildman–Crippen MR) is 192 cm³/mol. The molecule has 0 bridgehead atoms. The van der Waals surface area contributed by atoms with E-state index in [4.69, 9.17) is 9.84 Å². The molecule has 0 fully saturated rings. The molecule has 0 spiro atoms. The van der Waals surface area contributed by atoms with E-state index in [2.05, 4.69) is 46.3 Å². The van der Waals surface area contributed by atoms with Crippen LogP contribution in [0, 0.1) is 6.92 Å². The highest BCUT2D eigenvalue weighted by Crippen LogP contribution is 2.34. The molecule has 10 heteroatoms. The van der Waals surface area contributed by atoms with E-state index in [0.717, 1.165) is 44.0 Å². The number of ketones is 1. The highest BCUT2D eigenvalue weighted by molar-refractivity contribution is 6.88. The number of fused-ring (bicyclic) bond motifs is 2. The largest absolute Gasteiger partial charge is 0.438 e. The zero-order valence-corrected chi connectivity index (χ0v) is 28.4. The molecule has 1 aliphatic rings. The molecule has 9 nitrogen and oxygen atoms in total. The number of hydrogen-bond acceptors (Lipinski definition) is 6. The monoisotopic (exact) mass is 652 g/mol. The number of carbonyl (C=O) groups excluding carboxylic acids is 2. The van der Waals surface area contributed by atoms with Crippen LogP contribution < -0.4 is 20.7 Å². The third-order valence-electron chi connectivity index (χ3n) is 8.43. The Bertz CT molecular complexity index is 2190. The van der Waals surface area contributed by atoms with Gasteiger partial charge in [0.15, 0.2) is 0 Å². The summed E-state index contributed by atoms with van der Waals surface area (Å²) in [7, 11) is -1.76. The van der Waals surface area contributed by atoms with Gasteiger partial charge >= 0.3 is 6.03 Å². The van der Waals surface area contributed by atoms with Crippen LogP contribution in [0.2, 0.25) is 19.6 Å². The average molecular weight is 653 g/mol. The van der Waals surface area contributed by atoms with Crippen molar-refractivity contribution in [2.45, 2.75) is 45.8 Å². The van der Waals surface area contributed by atoms with Crippen molar-refractivity contribution in [1.82, 2.24) is 19.7 Å². The Balaban J connectivity index is 1.10. The molecule has 7 rings (SSSR count). The van der Waals surface area contributed by atoms with Crippen LogP contribution in [0.3, 0.4) is 0 Å². The number of nitrogens with zero attached hydrogens (tertiary/aromatic N) is 4. The number of benzene rings is 4. The topological polar surface area (TPSA) is 111 Å². The van der Waals surface area contributed by atoms with Gasteiger partial charge in [-0.15, -0.1) is 0 Å². The van der Waals surface area contributed by atoms with Gasteiger partial charge in [0.05, 0.1) is 11.4 Å². The van der Waals surface area contributed by atoms with E-state index in [1.807, 2.05) is 85.8 Å². The molecule has 240 valence electrons. The molecular weight excluding hydrogens is 617 g/mol. The Hall–Kier alpha value is -5.61. The van der Waals surface area contributed by atoms with E-state index in [-0.39, 0.29) is 11.8 Å². The molecule has 4 aromatic carbocycles. The lowest BCUT2D eigenvalue weighted by Gasteiger charge is -2.14. The summed E-state index contributed by atoms with van der Waals surface area (Å²) in [5.41, 5.74) is 5.92. The summed E-state index contributed by atoms with van der Waals surface area (Å²) < 4.78 is 8.08. The van der Waals surface area contributed by atoms with Crippen LogP contribution in [0.15, 0.2) is 97.2 Å². The second-order valence-electron chi connectivity index (χ2n) is 13.2. The van der Waals surface area contributed by atoms with Crippen molar-refractivity contribution in [1.29, 1.82) is 0 Å². The third-order valence-corrected chi connectivity index (χ3v) is 10.2.